The molecule has 0 saturated heterocycles. The number of aromatic nitrogens is 4. The van der Waals surface area contributed by atoms with Crippen molar-refractivity contribution in [2.24, 2.45) is 7.05 Å². The van der Waals surface area contributed by atoms with E-state index in [4.69, 9.17) is 17.3 Å². The van der Waals surface area contributed by atoms with Crippen LogP contribution in [-0.2, 0) is 13.6 Å². The van der Waals surface area contributed by atoms with Crippen LogP contribution in [0.1, 0.15) is 40.9 Å². The van der Waals surface area contributed by atoms with Crippen molar-refractivity contribution < 1.29 is 9.18 Å². The maximum atomic E-state index is 14.7. The van der Waals surface area contributed by atoms with Gasteiger partial charge < -0.3 is 10.6 Å². The monoisotopic (exact) mass is 438 g/mol. The van der Waals surface area contributed by atoms with Gasteiger partial charge in [-0.25, -0.2) is 14.4 Å². The van der Waals surface area contributed by atoms with Crippen molar-refractivity contribution in [3.05, 3.63) is 58.3 Å². The maximum Gasteiger partial charge on any atom is 0.272 e. The van der Waals surface area contributed by atoms with Crippen LogP contribution in [0.15, 0.2) is 30.6 Å². The summed E-state index contributed by atoms with van der Waals surface area (Å²) < 4.78 is 16.4. The molecule has 4 heterocycles. The van der Waals surface area contributed by atoms with Crippen molar-refractivity contribution in [1.29, 1.82) is 0 Å². The third kappa shape index (κ3) is 3.09. The molecule has 158 valence electrons. The van der Waals surface area contributed by atoms with Crippen molar-refractivity contribution >= 4 is 45.1 Å². The van der Waals surface area contributed by atoms with Gasteiger partial charge >= 0.3 is 0 Å². The quantitative estimate of drug-likeness (QED) is 0.484. The van der Waals surface area contributed by atoms with E-state index >= 15 is 0 Å². The molecule has 0 fully saturated rings. The predicted molar refractivity (Wildman–Crippen MR) is 117 cm³/mol. The lowest BCUT2D eigenvalue weighted by Crippen LogP contribution is -2.31. The third-order valence-corrected chi connectivity index (χ3v) is 6.30. The molecule has 3 aromatic heterocycles. The minimum absolute atomic E-state index is 0.0442. The molecule has 1 aromatic carbocycles. The van der Waals surface area contributed by atoms with Crippen molar-refractivity contribution in [3.63, 3.8) is 0 Å². The largest absolute Gasteiger partial charge is 0.383 e. The Hall–Kier alpha value is -3.26. The molecule has 31 heavy (non-hydrogen) atoms. The van der Waals surface area contributed by atoms with E-state index < -0.39 is 5.82 Å². The summed E-state index contributed by atoms with van der Waals surface area (Å²) in [6.07, 6.45) is 3.85. The standard InChI is InChI=1S/C22H20ClFN6O/c1-11-5-6-30(10-12-3-4-15(23)19(24)18(11)12)22(31)16-7-13-17(9-26-16)28-21(25)14-8-27-29(2)20(13)14/h3-4,7-9,11H,5-6,10H2,1-2H3,(H2,25,28)/t11-/m1/s1. The third-order valence-electron chi connectivity index (χ3n) is 6.01. The first-order valence-electron chi connectivity index (χ1n) is 9.98. The number of rotatable bonds is 1. The average molecular weight is 439 g/mol. The Balaban J connectivity index is 1.57. The van der Waals surface area contributed by atoms with Crippen molar-refractivity contribution in [3.8, 4) is 0 Å². The van der Waals surface area contributed by atoms with Gasteiger partial charge in [0.1, 0.15) is 17.3 Å². The van der Waals surface area contributed by atoms with Crippen molar-refractivity contribution in [1.82, 2.24) is 24.6 Å². The Bertz CT molecular complexity index is 1370. The van der Waals surface area contributed by atoms with Gasteiger partial charge in [-0.2, -0.15) is 5.10 Å². The second-order valence-corrected chi connectivity index (χ2v) is 8.37. The number of benzene rings is 1. The number of nitrogens with two attached hydrogens (primary N) is 1. The van der Waals surface area contributed by atoms with E-state index in [2.05, 4.69) is 15.1 Å². The first-order valence-corrected chi connectivity index (χ1v) is 10.4. The predicted octanol–water partition coefficient (Wildman–Crippen LogP) is 4.04. The van der Waals surface area contributed by atoms with Gasteiger partial charge in [0.2, 0.25) is 0 Å². The smallest absolute Gasteiger partial charge is 0.272 e. The van der Waals surface area contributed by atoms with Crippen LogP contribution in [0.5, 0.6) is 0 Å². The number of anilines is 1. The van der Waals surface area contributed by atoms with Crippen LogP contribution >= 0.6 is 11.6 Å². The summed E-state index contributed by atoms with van der Waals surface area (Å²) in [4.78, 5) is 23.8. The van der Waals surface area contributed by atoms with Gasteiger partial charge in [-0.15, -0.1) is 0 Å². The molecule has 0 saturated carbocycles. The lowest BCUT2D eigenvalue weighted by atomic mass is 9.94. The van der Waals surface area contributed by atoms with Gasteiger partial charge in [-0.3, -0.25) is 9.48 Å². The van der Waals surface area contributed by atoms with Crippen LogP contribution in [0.2, 0.25) is 5.02 Å². The van der Waals surface area contributed by atoms with E-state index in [1.807, 2.05) is 14.0 Å². The van der Waals surface area contributed by atoms with Crippen LogP contribution in [0.4, 0.5) is 10.2 Å². The highest BCUT2D eigenvalue weighted by Crippen LogP contribution is 2.34. The number of hydrogen-bond donors (Lipinski definition) is 1. The number of nitrogens with zero attached hydrogens (tertiary/aromatic N) is 5. The first kappa shape index (κ1) is 19.7. The number of hydrogen-bond acceptors (Lipinski definition) is 5. The molecule has 5 rings (SSSR count). The molecule has 1 aliphatic heterocycles. The fourth-order valence-electron chi connectivity index (χ4n) is 4.37. The normalized spacial score (nSPS) is 16.5. The molecule has 0 spiro atoms. The van der Waals surface area contributed by atoms with Crippen LogP contribution < -0.4 is 5.73 Å². The second-order valence-electron chi connectivity index (χ2n) is 7.96. The van der Waals surface area contributed by atoms with Crippen LogP contribution in [0, 0.1) is 5.82 Å². The molecule has 2 N–H and O–H groups in total. The molecule has 0 aliphatic carbocycles. The number of carbonyl (C=O) groups is 1. The summed E-state index contributed by atoms with van der Waals surface area (Å²) in [5.74, 6) is -0.288. The van der Waals surface area contributed by atoms with E-state index in [1.54, 1.807) is 40.2 Å². The summed E-state index contributed by atoms with van der Waals surface area (Å²) in [6, 6.07) is 5.06. The fourth-order valence-corrected chi connectivity index (χ4v) is 4.53. The van der Waals surface area contributed by atoms with Crippen LogP contribution in [0.25, 0.3) is 21.8 Å². The van der Waals surface area contributed by atoms with E-state index in [0.717, 1.165) is 21.9 Å². The first-order chi connectivity index (χ1) is 14.8. The summed E-state index contributed by atoms with van der Waals surface area (Å²) >= 11 is 5.99. The van der Waals surface area contributed by atoms with Crippen molar-refractivity contribution in [2.75, 3.05) is 12.3 Å². The Morgan fingerprint density at radius 2 is 2.10 bits per heavy atom. The summed E-state index contributed by atoms with van der Waals surface area (Å²) in [6.45, 7) is 2.75. The molecule has 1 amide bonds. The molecule has 0 bridgehead atoms. The zero-order valence-electron chi connectivity index (χ0n) is 17.1. The highest BCUT2D eigenvalue weighted by molar-refractivity contribution is 6.30. The average Bonchev–Trinajstić information content (AvgIpc) is 3.06. The van der Waals surface area contributed by atoms with E-state index in [9.17, 15) is 9.18 Å². The zero-order valence-corrected chi connectivity index (χ0v) is 17.8. The Labute approximate surface area is 182 Å². The number of nitrogen functional groups attached to an aromatic ring is 1. The molecule has 1 aliphatic rings. The highest BCUT2D eigenvalue weighted by atomic mass is 35.5. The molecule has 0 radical (unpaired) electrons. The second kappa shape index (κ2) is 7.16. The van der Waals surface area contributed by atoms with Crippen molar-refractivity contribution in [2.45, 2.75) is 25.8 Å². The van der Waals surface area contributed by atoms with Gasteiger partial charge in [0, 0.05) is 25.5 Å². The minimum atomic E-state index is -0.396. The number of pyridine rings is 2. The van der Waals surface area contributed by atoms with Crippen LogP contribution in [0.3, 0.4) is 0 Å². The van der Waals surface area contributed by atoms with Gasteiger partial charge in [0.15, 0.2) is 0 Å². The molecule has 0 unspecified atom stereocenters. The van der Waals surface area contributed by atoms with Gasteiger partial charge in [-0.1, -0.05) is 24.6 Å². The SMILES string of the molecule is C[C@@H]1CCN(C(=O)c2cc3c(cn2)nc(N)c2cnn(C)c23)Cc2ccc(Cl)c(F)c21. The number of aryl methyl sites for hydroxylation is 1. The van der Waals surface area contributed by atoms with Gasteiger partial charge in [0.05, 0.1) is 33.8 Å². The highest BCUT2D eigenvalue weighted by Gasteiger charge is 2.27. The topological polar surface area (TPSA) is 89.9 Å². The van der Waals surface area contributed by atoms with Gasteiger partial charge in [0.25, 0.3) is 5.91 Å². The number of halogens is 2. The van der Waals surface area contributed by atoms with E-state index in [-0.39, 0.29) is 16.8 Å². The maximum absolute atomic E-state index is 14.7. The lowest BCUT2D eigenvalue weighted by Gasteiger charge is -2.21. The fraction of sp³-hybridized carbons (Fsp3) is 0.273. The summed E-state index contributed by atoms with van der Waals surface area (Å²) in [7, 11) is 1.82. The lowest BCUT2D eigenvalue weighted by molar-refractivity contribution is 0.0738. The summed E-state index contributed by atoms with van der Waals surface area (Å²) in [5.41, 5.74) is 9.09. The van der Waals surface area contributed by atoms with Crippen LogP contribution in [-0.4, -0.2) is 37.1 Å². The molecule has 1 atom stereocenters. The number of fused-ring (bicyclic) bond motifs is 4. The van der Waals surface area contributed by atoms with Gasteiger partial charge in [-0.05, 0) is 35.6 Å². The Kier molecular flexibility index (Phi) is 4.55. The molecular formula is C22H20ClFN6O. The molecule has 4 aromatic rings. The molecule has 9 heteroatoms. The molecular weight excluding hydrogens is 419 g/mol. The number of carbonyl (C=O) groups excluding carboxylic acids is 1. The summed E-state index contributed by atoms with van der Waals surface area (Å²) in [5, 5.41) is 5.85. The number of amides is 1. The Morgan fingerprint density at radius 1 is 1.29 bits per heavy atom. The zero-order chi connectivity index (χ0) is 21.9. The van der Waals surface area contributed by atoms with E-state index in [0.29, 0.717) is 42.1 Å². The minimum Gasteiger partial charge on any atom is -0.383 e. The van der Waals surface area contributed by atoms with E-state index in [1.165, 1.54) is 0 Å². The Morgan fingerprint density at radius 3 is 2.90 bits per heavy atom. The molecule has 7 nitrogen and oxygen atoms in total.